The number of nitriles is 2. The molecule has 0 spiro atoms. The Balaban J connectivity index is 0.000000176. The van der Waals surface area contributed by atoms with Crippen molar-refractivity contribution < 1.29 is 49.0 Å². The number of nitrogens with one attached hydrogen (secondary N) is 1. The van der Waals surface area contributed by atoms with Crippen molar-refractivity contribution in [2.24, 2.45) is 105 Å². The first kappa shape index (κ1) is 73.0. The Bertz CT molecular complexity index is 2770. The van der Waals surface area contributed by atoms with Gasteiger partial charge < -0.3 is 34.6 Å². The summed E-state index contributed by atoms with van der Waals surface area (Å²) < 4.78 is 19.8. The molecule has 89 heavy (non-hydrogen) atoms. The van der Waals surface area contributed by atoms with E-state index < -0.39 is 16.8 Å². The molecule has 0 amide bonds. The van der Waals surface area contributed by atoms with Crippen molar-refractivity contribution in [1.82, 2.24) is 20.0 Å². The average molecular weight is 1300 g/mol. The molecule has 17 heteroatoms. The molecule has 5 heterocycles. The summed E-state index contributed by atoms with van der Waals surface area (Å²) in [6, 6.07) is 3.97. The number of hydrogen-bond acceptors (Lipinski definition) is 14. The maximum atomic E-state index is 13.1. The lowest BCUT2D eigenvalue weighted by atomic mass is 9.49. The average Bonchev–Trinajstić information content (AvgIpc) is 1.74. The Kier molecular flexibility index (Phi) is 23.9. The summed E-state index contributed by atoms with van der Waals surface area (Å²) in [5.41, 5.74) is -0.310. The molecule has 0 radical (unpaired) electrons. The van der Waals surface area contributed by atoms with E-state index in [0.717, 1.165) is 138 Å². The van der Waals surface area contributed by atoms with Gasteiger partial charge in [-0.05, 0) is 251 Å². The van der Waals surface area contributed by atoms with Crippen LogP contribution in [-0.4, -0.2) is 125 Å². The first-order valence-electron chi connectivity index (χ1n) is 33.3. The highest BCUT2D eigenvalue weighted by atomic mass is 79.9. The second-order valence-corrected chi connectivity index (χ2v) is 31.7. The maximum Gasteiger partial charge on any atom is 0.183 e. The summed E-state index contributed by atoms with van der Waals surface area (Å²) in [4.78, 5) is 37.5. The maximum absolute atomic E-state index is 13.1. The molecule has 3 saturated heterocycles. The van der Waals surface area contributed by atoms with Gasteiger partial charge in [0.25, 0.3) is 0 Å². The van der Waals surface area contributed by atoms with Gasteiger partial charge in [-0.1, -0.05) is 59.0 Å². The fourth-order valence-corrected chi connectivity index (χ4v) is 22.3. The summed E-state index contributed by atoms with van der Waals surface area (Å²) in [7, 11) is 1.00. The zero-order chi connectivity index (χ0) is 61.7. The highest BCUT2D eigenvalue weighted by molar-refractivity contribution is 9.09. The number of carbonyl (C=O) groups excluding carboxylic acids is 3. The van der Waals surface area contributed by atoms with Crippen LogP contribution in [0, 0.1) is 128 Å². The van der Waals surface area contributed by atoms with Crippen molar-refractivity contribution in [3.63, 3.8) is 0 Å². The second-order valence-electron chi connectivity index (χ2n) is 31.1. The lowest BCUT2D eigenvalue weighted by molar-refractivity contribution is -0.136. The van der Waals surface area contributed by atoms with Crippen molar-refractivity contribution in [1.29, 1.82) is 10.5 Å². The Morgan fingerprint density at radius 1 is 0.551 bits per heavy atom. The number of hydrogen-bond donors (Lipinski definition) is 5. The van der Waals surface area contributed by atoms with E-state index in [1.165, 1.54) is 83.0 Å². The highest BCUT2D eigenvalue weighted by Crippen LogP contribution is 2.65. The molecule has 12 aliphatic rings. The summed E-state index contributed by atoms with van der Waals surface area (Å²) in [6.45, 7) is 17.1. The molecule has 0 aromatic carbocycles. The SMILES string of the molecule is C.C.C.CC(=O)[C@H]1OC[C@H]2[C@@H]3CC[C@@H]4C[C@](C)(O)CC[C@@H]4[C@H]3CC[C@]12C.CO.C[C@@]1(O)CC[C@H]2[C@H](CC[C@@H]3[C@@H]2CC[C@]2(C)[C@@H](C(=O)CBr)OC[C@@H]32)C1.C[C@@]1(O)CC[C@H]2[C@H](CC[C@@H]3[C@@H]2CC[C@]2(C)[C@@H](C(=O)Cn4cc(C#N)cn4)OC[C@@H]32)C1.N#Cc1cn[nH]c1. The fourth-order valence-electron chi connectivity index (χ4n) is 22.0. The monoisotopic (exact) mass is 1300 g/mol. The summed E-state index contributed by atoms with van der Waals surface area (Å²) in [5.74, 6) is 10.9. The van der Waals surface area contributed by atoms with E-state index in [2.05, 4.69) is 58.1 Å². The highest BCUT2D eigenvalue weighted by Gasteiger charge is 2.63. The molecule has 24 atom stereocenters. The summed E-state index contributed by atoms with van der Waals surface area (Å²) in [5, 5.41) is 66.2. The van der Waals surface area contributed by atoms with Crippen LogP contribution in [0.4, 0.5) is 0 Å². The molecule has 12 fully saturated rings. The van der Waals surface area contributed by atoms with E-state index in [1.807, 2.05) is 26.8 Å². The number of aliphatic hydroxyl groups is 4. The van der Waals surface area contributed by atoms with E-state index in [1.54, 1.807) is 24.0 Å². The van der Waals surface area contributed by atoms with Crippen LogP contribution in [0.25, 0.3) is 0 Å². The smallest absolute Gasteiger partial charge is 0.183 e. The van der Waals surface area contributed by atoms with Crippen molar-refractivity contribution in [2.75, 3.05) is 32.3 Å². The molecule has 5 N–H and O–H groups in total. The van der Waals surface area contributed by atoms with Crippen LogP contribution in [0.15, 0.2) is 24.8 Å². The molecule has 16 nitrogen and oxygen atoms in total. The first-order valence-corrected chi connectivity index (χ1v) is 34.4. The second kappa shape index (κ2) is 29.1. The lowest BCUT2D eigenvalue weighted by Crippen LogP contribution is -2.52. The molecule has 2 aromatic heterocycles. The van der Waals surface area contributed by atoms with Crippen molar-refractivity contribution in [2.45, 2.75) is 247 Å². The minimum Gasteiger partial charge on any atom is -0.400 e. The number of aromatic amines is 1. The van der Waals surface area contributed by atoms with Crippen LogP contribution in [0.3, 0.4) is 0 Å². The molecular weight excluding hydrogens is 1190 g/mol. The molecule has 500 valence electrons. The van der Waals surface area contributed by atoms with Crippen LogP contribution >= 0.6 is 15.9 Å². The van der Waals surface area contributed by atoms with Crippen LogP contribution in [-0.2, 0) is 35.1 Å². The summed E-state index contributed by atoms with van der Waals surface area (Å²) >= 11 is 3.34. The number of ketones is 3. The molecule has 14 rings (SSSR count). The van der Waals surface area contributed by atoms with Gasteiger partial charge in [-0.3, -0.25) is 24.2 Å². The zero-order valence-electron chi connectivity index (χ0n) is 52.9. The van der Waals surface area contributed by atoms with Gasteiger partial charge in [0.15, 0.2) is 17.3 Å². The fraction of sp³-hybridized carbons (Fsp3) is 0.847. The van der Waals surface area contributed by atoms with Gasteiger partial charge in [0.2, 0.25) is 0 Å². The van der Waals surface area contributed by atoms with Gasteiger partial charge in [-0.25, -0.2) is 0 Å². The summed E-state index contributed by atoms with van der Waals surface area (Å²) in [6.07, 6.45) is 29.2. The lowest BCUT2D eigenvalue weighted by Gasteiger charge is -2.56. The minimum absolute atomic E-state index is 0. The van der Waals surface area contributed by atoms with Gasteiger partial charge in [0.05, 0.1) is 65.5 Å². The first-order chi connectivity index (χ1) is 40.9. The number of Topliss-reactive ketones (excluding diaryl/α,β-unsaturated/α-hetero) is 3. The van der Waals surface area contributed by atoms with Crippen LogP contribution in [0.1, 0.15) is 217 Å². The number of rotatable bonds is 6. The van der Waals surface area contributed by atoms with Crippen LogP contribution < -0.4 is 0 Å². The predicted molar refractivity (Wildman–Crippen MR) is 348 cm³/mol. The van der Waals surface area contributed by atoms with Gasteiger partial charge >= 0.3 is 0 Å². The Morgan fingerprint density at radius 2 is 0.921 bits per heavy atom. The van der Waals surface area contributed by atoms with E-state index >= 15 is 0 Å². The molecule has 3 aliphatic heterocycles. The van der Waals surface area contributed by atoms with E-state index in [9.17, 15) is 29.7 Å². The standard InChI is InChI=1S/C24H33N3O3.C20H31BrO3.C20H32O3.C4H3N3.CH4O.3CH4/c1-23(29)7-5-17-16(9-23)3-4-19-18(17)6-8-24(2)20(19)14-30-22(24)21(28)13-27-12-15(10-25)11-26-27;1-19(23)7-5-13-12(9-19)3-4-15-14(13)6-8-20(2)16(15)11-24-18(20)17(22)10-21;1-12(21)18-20(3)9-7-15-14-6-8-19(2,22)10-13(14)4-5-16(15)17(20)11-23-18;5-1-4-2-6-7-3-4;1-2;;;/h11-12,16-20,22,29H,3-9,13-14H2,1-2H3;12-16,18,23H,3-11H2,1-2H3;13-18,22H,4-11H2,1-3H3;2-3H,(H,6,7);2H,1H3;3*1H4/t16-,17+,18-,19-,20+,22-,23-,24+;12-,13+,14-,15-,16+,18-,19-,20+;13-,14+,15-,16-,17+,18-,19-,20+;;;;;/m111...../s1. The number of carbonyl (C=O) groups is 3. The van der Waals surface area contributed by atoms with Crippen molar-refractivity contribution >= 4 is 33.3 Å². The van der Waals surface area contributed by atoms with Crippen LogP contribution in [0.2, 0.25) is 0 Å². The quantitative estimate of drug-likeness (QED) is 0.169. The van der Waals surface area contributed by atoms with Crippen molar-refractivity contribution in [3.05, 3.63) is 35.9 Å². The number of nitrogens with zero attached hydrogens (tertiary/aromatic N) is 5. The third kappa shape index (κ3) is 14.5. The third-order valence-electron chi connectivity index (χ3n) is 25.9. The number of aliphatic hydroxyl groups excluding tert-OH is 1. The van der Waals surface area contributed by atoms with E-state index in [-0.39, 0.29) is 80.7 Å². The Labute approximate surface area is 542 Å². The molecule has 0 unspecified atom stereocenters. The molecule has 0 bridgehead atoms. The Morgan fingerprint density at radius 3 is 1.26 bits per heavy atom. The third-order valence-corrected chi connectivity index (χ3v) is 26.5. The molecule has 2 aromatic rings. The van der Waals surface area contributed by atoms with Crippen molar-refractivity contribution in [3.8, 4) is 12.1 Å². The van der Waals surface area contributed by atoms with E-state index in [4.69, 9.17) is 29.8 Å². The zero-order valence-corrected chi connectivity index (χ0v) is 54.5. The van der Waals surface area contributed by atoms with Gasteiger partial charge in [0, 0.05) is 35.7 Å². The van der Waals surface area contributed by atoms with E-state index in [0.29, 0.717) is 58.6 Å². The van der Waals surface area contributed by atoms with Gasteiger partial charge in [0.1, 0.15) is 37.0 Å². The largest absolute Gasteiger partial charge is 0.400 e. The van der Waals surface area contributed by atoms with Crippen LogP contribution in [0.5, 0.6) is 0 Å². The van der Waals surface area contributed by atoms with Gasteiger partial charge in [-0.15, -0.1) is 0 Å². The van der Waals surface area contributed by atoms with Gasteiger partial charge in [-0.2, -0.15) is 20.7 Å². The normalized spacial score (nSPS) is 44.8. The number of fused-ring (bicyclic) bond motifs is 15. The molecule has 9 aliphatic carbocycles. The Hall–Kier alpha value is -3.39. The topological polar surface area (TPSA) is 254 Å². The minimum atomic E-state index is -0.483. The molecular formula is C72H115BrN6O10. The number of ether oxygens (including phenoxy) is 3. The predicted octanol–water partition coefficient (Wildman–Crippen LogP) is 12.7. The molecule has 9 saturated carbocycles. The number of H-pyrrole nitrogens is 1. The number of aromatic nitrogens is 4. The number of alkyl halides is 1. The number of halogens is 1.